The van der Waals surface area contributed by atoms with Gasteiger partial charge in [-0.05, 0) is 36.6 Å². The van der Waals surface area contributed by atoms with Gasteiger partial charge in [0.25, 0.3) is 0 Å². The van der Waals surface area contributed by atoms with Gasteiger partial charge in [-0.1, -0.05) is 30.3 Å². The molecule has 0 aliphatic carbocycles. The fourth-order valence-electron chi connectivity index (χ4n) is 2.65. The monoisotopic (exact) mass is 295 g/mol. The van der Waals surface area contributed by atoms with E-state index in [1.165, 1.54) is 6.92 Å². The van der Waals surface area contributed by atoms with Crippen LogP contribution in [0.4, 0.5) is 5.69 Å². The van der Waals surface area contributed by atoms with Crippen molar-refractivity contribution >= 4 is 17.4 Å². The molecule has 1 aliphatic heterocycles. The van der Waals surface area contributed by atoms with Crippen LogP contribution >= 0.6 is 0 Å². The normalized spacial score (nSPS) is 13.2. The Morgan fingerprint density at radius 2 is 1.91 bits per heavy atom. The maximum atomic E-state index is 11.7. The molecule has 0 aromatic heterocycles. The summed E-state index contributed by atoms with van der Waals surface area (Å²) in [5.41, 5.74) is 3.22. The zero-order chi connectivity index (χ0) is 15.5. The number of carbonyl (C=O) groups excluding carboxylic acids is 2. The number of ketones is 1. The molecule has 0 saturated carbocycles. The smallest absolute Gasteiger partial charge is 0.224 e. The van der Waals surface area contributed by atoms with Crippen molar-refractivity contribution in [1.29, 1.82) is 0 Å². The van der Waals surface area contributed by atoms with Crippen molar-refractivity contribution in [3.05, 3.63) is 59.2 Å². The number of Topliss-reactive ketones (excluding diaryl/α,β-unsaturated/α-hetero) is 1. The van der Waals surface area contributed by atoms with Crippen LogP contribution in [0, 0.1) is 0 Å². The zero-order valence-corrected chi connectivity index (χ0v) is 12.4. The number of anilines is 1. The first-order valence-electron chi connectivity index (χ1n) is 7.28. The van der Waals surface area contributed by atoms with Gasteiger partial charge in [-0.25, -0.2) is 0 Å². The summed E-state index contributed by atoms with van der Waals surface area (Å²) in [4.78, 5) is 23.4. The second kappa shape index (κ2) is 6.02. The van der Waals surface area contributed by atoms with Crippen LogP contribution in [0.2, 0.25) is 0 Å². The molecule has 3 rings (SSSR count). The molecule has 1 N–H and O–H groups in total. The average Bonchev–Trinajstić information content (AvgIpc) is 2.53. The third-order valence-electron chi connectivity index (χ3n) is 3.76. The summed E-state index contributed by atoms with van der Waals surface area (Å²) in [6.45, 7) is 1.96. The fraction of sp³-hybridized carbons (Fsp3) is 0.222. The van der Waals surface area contributed by atoms with Gasteiger partial charge in [0, 0.05) is 12.0 Å². The zero-order valence-electron chi connectivity index (χ0n) is 12.4. The molecule has 2 aromatic rings. The number of rotatable bonds is 4. The predicted octanol–water partition coefficient (Wildman–Crippen LogP) is 3.35. The van der Waals surface area contributed by atoms with Gasteiger partial charge in [-0.15, -0.1) is 0 Å². The Kier molecular flexibility index (Phi) is 3.92. The lowest BCUT2D eigenvalue weighted by molar-refractivity contribution is -0.116. The van der Waals surface area contributed by atoms with E-state index in [0.717, 1.165) is 11.1 Å². The number of hydrogen-bond acceptors (Lipinski definition) is 3. The summed E-state index contributed by atoms with van der Waals surface area (Å²) in [6.07, 6.45) is 0.966. The molecule has 4 heteroatoms. The van der Waals surface area contributed by atoms with Crippen LogP contribution in [-0.2, 0) is 17.8 Å². The van der Waals surface area contributed by atoms with Gasteiger partial charge in [0.1, 0.15) is 12.4 Å². The highest BCUT2D eigenvalue weighted by Crippen LogP contribution is 2.35. The minimum atomic E-state index is -0.0437. The molecule has 1 heterocycles. The number of ether oxygens (including phenoxy) is 1. The van der Waals surface area contributed by atoms with Gasteiger partial charge >= 0.3 is 0 Å². The molecule has 0 radical (unpaired) electrons. The van der Waals surface area contributed by atoms with Crippen LogP contribution in [0.1, 0.15) is 34.8 Å². The standard InChI is InChI=1S/C18H17NO3/c1-12(20)14-7-9-16(18-15(14)8-10-17(21)19-18)22-11-13-5-3-2-4-6-13/h2-7,9H,8,10-11H2,1H3,(H,19,21). The molecule has 2 aromatic carbocycles. The molecular weight excluding hydrogens is 278 g/mol. The van der Waals surface area contributed by atoms with E-state index >= 15 is 0 Å². The predicted molar refractivity (Wildman–Crippen MR) is 84.2 cm³/mol. The van der Waals surface area contributed by atoms with E-state index in [9.17, 15) is 9.59 Å². The van der Waals surface area contributed by atoms with Crippen molar-refractivity contribution < 1.29 is 14.3 Å². The Morgan fingerprint density at radius 3 is 2.64 bits per heavy atom. The quantitative estimate of drug-likeness (QED) is 0.880. The summed E-state index contributed by atoms with van der Waals surface area (Å²) >= 11 is 0. The number of carbonyl (C=O) groups is 2. The SMILES string of the molecule is CC(=O)c1ccc(OCc2ccccc2)c2c1CCC(=O)N2. The molecule has 0 spiro atoms. The second-order valence-electron chi connectivity index (χ2n) is 5.34. The third kappa shape index (κ3) is 2.86. The highest BCUT2D eigenvalue weighted by atomic mass is 16.5. The van der Waals surface area contributed by atoms with Gasteiger partial charge in [0.2, 0.25) is 5.91 Å². The molecule has 22 heavy (non-hydrogen) atoms. The van der Waals surface area contributed by atoms with Crippen molar-refractivity contribution in [2.45, 2.75) is 26.4 Å². The fourth-order valence-corrected chi connectivity index (χ4v) is 2.65. The van der Waals surface area contributed by atoms with Gasteiger partial charge in [-0.3, -0.25) is 9.59 Å². The van der Waals surface area contributed by atoms with Crippen molar-refractivity contribution in [2.24, 2.45) is 0 Å². The van der Waals surface area contributed by atoms with E-state index in [0.29, 0.717) is 36.4 Å². The minimum Gasteiger partial charge on any atom is -0.487 e. The largest absolute Gasteiger partial charge is 0.487 e. The Morgan fingerprint density at radius 1 is 1.14 bits per heavy atom. The molecule has 1 aliphatic rings. The first kappa shape index (κ1) is 14.3. The average molecular weight is 295 g/mol. The van der Waals surface area contributed by atoms with Crippen molar-refractivity contribution in [3.63, 3.8) is 0 Å². The van der Waals surface area contributed by atoms with Crippen LogP contribution in [-0.4, -0.2) is 11.7 Å². The van der Waals surface area contributed by atoms with Crippen LogP contribution in [0.3, 0.4) is 0 Å². The number of nitrogens with one attached hydrogen (secondary N) is 1. The van der Waals surface area contributed by atoms with Crippen LogP contribution < -0.4 is 10.1 Å². The number of fused-ring (bicyclic) bond motifs is 1. The Labute approximate surface area is 129 Å². The number of amides is 1. The second-order valence-corrected chi connectivity index (χ2v) is 5.34. The van der Waals surface area contributed by atoms with Crippen molar-refractivity contribution in [2.75, 3.05) is 5.32 Å². The van der Waals surface area contributed by atoms with Gasteiger partial charge in [-0.2, -0.15) is 0 Å². The summed E-state index contributed by atoms with van der Waals surface area (Å²) < 4.78 is 5.85. The highest BCUT2D eigenvalue weighted by Gasteiger charge is 2.23. The summed E-state index contributed by atoms with van der Waals surface area (Å²) in [6, 6.07) is 13.4. The third-order valence-corrected chi connectivity index (χ3v) is 3.76. The van der Waals surface area contributed by atoms with Crippen LogP contribution in [0.15, 0.2) is 42.5 Å². The Hall–Kier alpha value is -2.62. The lowest BCUT2D eigenvalue weighted by Crippen LogP contribution is -2.21. The van der Waals surface area contributed by atoms with Crippen LogP contribution in [0.25, 0.3) is 0 Å². The molecule has 0 unspecified atom stereocenters. The molecular formula is C18H17NO3. The summed E-state index contributed by atoms with van der Waals surface area (Å²) in [7, 11) is 0. The van der Waals surface area contributed by atoms with E-state index in [-0.39, 0.29) is 11.7 Å². The first-order chi connectivity index (χ1) is 10.6. The maximum absolute atomic E-state index is 11.7. The van der Waals surface area contributed by atoms with E-state index in [4.69, 9.17) is 4.74 Å². The van der Waals surface area contributed by atoms with E-state index in [2.05, 4.69) is 5.32 Å². The molecule has 1 amide bonds. The van der Waals surface area contributed by atoms with E-state index in [1.807, 2.05) is 30.3 Å². The lowest BCUT2D eigenvalue weighted by atomic mass is 9.94. The van der Waals surface area contributed by atoms with E-state index in [1.54, 1.807) is 12.1 Å². The van der Waals surface area contributed by atoms with Crippen molar-refractivity contribution in [1.82, 2.24) is 0 Å². The molecule has 0 atom stereocenters. The lowest BCUT2D eigenvalue weighted by Gasteiger charge is -2.22. The maximum Gasteiger partial charge on any atom is 0.224 e. The van der Waals surface area contributed by atoms with Crippen molar-refractivity contribution in [3.8, 4) is 5.75 Å². The Bertz CT molecular complexity index is 723. The topological polar surface area (TPSA) is 55.4 Å². The highest BCUT2D eigenvalue weighted by molar-refractivity contribution is 6.02. The molecule has 4 nitrogen and oxygen atoms in total. The summed E-state index contributed by atoms with van der Waals surface area (Å²) in [5.74, 6) is 0.566. The minimum absolute atomic E-state index is 0.00186. The molecule has 112 valence electrons. The molecule has 0 bridgehead atoms. The van der Waals surface area contributed by atoms with Gasteiger partial charge in [0.05, 0.1) is 5.69 Å². The van der Waals surface area contributed by atoms with E-state index < -0.39 is 0 Å². The van der Waals surface area contributed by atoms with Crippen LogP contribution in [0.5, 0.6) is 5.75 Å². The van der Waals surface area contributed by atoms with Gasteiger partial charge in [0.15, 0.2) is 5.78 Å². The number of benzene rings is 2. The van der Waals surface area contributed by atoms with Gasteiger partial charge < -0.3 is 10.1 Å². The number of hydrogen-bond donors (Lipinski definition) is 1. The molecule has 0 saturated heterocycles. The molecule has 0 fully saturated rings. The summed E-state index contributed by atoms with van der Waals surface area (Å²) in [5, 5.41) is 2.84. The Balaban J connectivity index is 1.91. The first-order valence-corrected chi connectivity index (χ1v) is 7.28.